The minimum atomic E-state index is -0.977. The molecule has 0 bridgehead atoms. The predicted octanol–water partition coefficient (Wildman–Crippen LogP) is -0.557. The van der Waals surface area contributed by atoms with Gasteiger partial charge in [0, 0.05) is 18.9 Å². The van der Waals surface area contributed by atoms with E-state index in [9.17, 15) is 9.59 Å². The molecule has 0 aromatic carbocycles. The topological polar surface area (TPSA) is 84.7 Å². The van der Waals surface area contributed by atoms with Gasteiger partial charge in [0.15, 0.2) is 0 Å². The minimum absolute atomic E-state index is 0.0376. The van der Waals surface area contributed by atoms with Gasteiger partial charge in [0.05, 0.1) is 26.7 Å². The van der Waals surface area contributed by atoms with Gasteiger partial charge < -0.3 is 9.84 Å². The Morgan fingerprint density at radius 1 is 1.47 bits per heavy atom. The van der Waals surface area contributed by atoms with Crippen LogP contribution in [0.1, 0.15) is 0 Å². The Bertz CT molecular complexity index is 364. The zero-order valence-corrected chi connectivity index (χ0v) is 9.57. The molecule has 0 fully saturated rings. The van der Waals surface area contributed by atoms with Gasteiger partial charge in [-0.1, -0.05) is 0 Å². The second-order valence-electron chi connectivity index (χ2n) is 3.45. The molecule has 0 spiro atoms. The van der Waals surface area contributed by atoms with E-state index in [1.165, 1.54) is 12.0 Å². The highest BCUT2D eigenvalue weighted by molar-refractivity contribution is 5.73. The number of rotatable bonds is 7. The molecule has 0 saturated carbocycles. The number of carboxylic acids is 1. The first-order chi connectivity index (χ1) is 8.11. The Morgan fingerprint density at radius 3 is 2.76 bits per heavy atom. The Morgan fingerprint density at radius 2 is 2.24 bits per heavy atom. The highest BCUT2D eigenvalue weighted by Gasteiger charge is 2.14. The fourth-order valence-corrected chi connectivity index (χ4v) is 1.33. The van der Waals surface area contributed by atoms with Crippen molar-refractivity contribution in [3.05, 3.63) is 18.5 Å². The Hall–Kier alpha value is -1.89. The summed E-state index contributed by atoms with van der Waals surface area (Å²) in [5, 5.41) is 12.7. The van der Waals surface area contributed by atoms with Gasteiger partial charge in [-0.2, -0.15) is 5.10 Å². The average molecular weight is 241 g/mol. The van der Waals surface area contributed by atoms with E-state index in [-0.39, 0.29) is 13.1 Å². The number of methoxy groups -OCH3 is 1. The number of carboxylic acid groups (broad SMARTS) is 1. The molecule has 0 saturated heterocycles. The standard InChI is InChI=1S/C10H15N3O4/c1-17-10(16)8-12(7-9(14)15)5-6-13-4-2-3-11-13/h2-4H,5-8H2,1H3,(H,14,15). The molecule has 1 aromatic heterocycles. The van der Waals surface area contributed by atoms with E-state index in [0.29, 0.717) is 13.1 Å². The summed E-state index contributed by atoms with van der Waals surface area (Å²) in [6, 6.07) is 1.78. The van der Waals surface area contributed by atoms with Crippen LogP contribution in [0.25, 0.3) is 0 Å². The molecule has 0 aliphatic rings. The summed E-state index contributed by atoms with van der Waals surface area (Å²) < 4.78 is 6.18. The van der Waals surface area contributed by atoms with Crippen LogP contribution in [0.15, 0.2) is 18.5 Å². The number of aliphatic carboxylic acids is 1. The van der Waals surface area contributed by atoms with Gasteiger partial charge in [-0.3, -0.25) is 19.2 Å². The highest BCUT2D eigenvalue weighted by Crippen LogP contribution is 1.93. The molecule has 7 nitrogen and oxygen atoms in total. The number of nitrogens with zero attached hydrogens (tertiary/aromatic N) is 3. The molecule has 0 radical (unpaired) electrons. The lowest BCUT2D eigenvalue weighted by atomic mass is 10.4. The Labute approximate surface area is 98.6 Å². The number of carbonyl (C=O) groups is 2. The fourth-order valence-electron chi connectivity index (χ4n) is 1.33. The maximum atomic E-state index is 11.1. The van der Waals surface area contributed by atoms with Crippen LogP contribution >= 0.6 is 0 Å². The van der Waals surface area contributed by atoms with Crippen LogP contribution in [0.4, 0.5) is 0 Å². The Balaban J connectivity index is 2.45. The van der Waals surface area contributed by atoms with E-state index in [1.807, 2.05) is 0 Å². The molecule has 7 heteroatoms. The molecule has 1 heterocycles. The van der Waals surface area contributed by atoms with E-state index in [4.69, 9.17) is 5.11 Å². The largest absolute Gasteiger partial charge is 0.480 e. The lowest BCUT2D eigenvalue weighted by Crippen LogP contribution is -2.37. The van der Waals surface area contributed by atoms with E-state index in [0.717, 1.165) is 0 Å². The third kappa shape index (κ3) is 5.12. The summed E-state index contributed by atoms with van der Waals surface area (Å²) in [4.78, 5) is 23.2. The van der Waals surface area contributed by atoms with E-state index < -0.39 is 11.9 Å². The van der Waals surface area contributed by atoms with Crippen molar-refractivity contribution in [2.24, 2.45) is 0 Å². The van der Waals surface area contributed by atoms with Gasteiger partial charge in [0.1, 0.15) is 0 Å². The van der Waals surface area contributed by atoms with Gasteiger partial charge in [-0.15, -0.1) is 0 Å². The molecular formula is C10H15N3O4. The number of aromatic nitrogens is 2. The highest BCUT2D eigenvalue weighted by atomic mass is 16.5. The molecule has 1 N–H and O–H groups in total. The first kappa shape index (κ1) is 13.2. The third-order valence-electron chi connectivity index (χ3n) is 2.14. The van der Waals surface area contributed by atoms with Gasteiger partial charge in [0.2, 0.25) is 0 Å². The Kier molecular flexibility index (Phi) is 5.15. The maximum absolute atomic E-state index is 11.1. The van der Waals surface area contributed by atoms with Gasteiger partial charge in [-0.25, -0.2) is 0 Å². The summed E-state index contributed by atoms with van der Waals surface area (Å²) in [7, 11) is 1.27. The van der Waals surface area contributed by atoms with Crippen LogP contribution in [0.3, 0.4) is 0 Å². The summed E-state index contributed by atoms with van der Waals surface area (Å²) in [5.74, 6) is -1.43. The third-order valence-corrected chi connectivity index (χ3v) is 2.14. The predicted molar refractivity (Wildman–Crippen MR) is 58.3 cm³/mol. The zero-order valence-electron chi connectivity index (χ0n) is 9.57. The van der Waals surface area contributed by atoms with E-state index in [1.54, 1.807) is 23.1 Å². The van der Waals surface area contributed by atoms with Crippen LogP contribution in [0.2, 0.25) is 0 Å². The molecule has 0 aliphatic carbocycles. The molecule has 0 aliphatic heterocycles. The molecule has 1 aromatic rings. The molecule has 0 amide bonds. The van der Waals surface area contributed by atoms with Crippen molar-refractivity contribution in [3.63, 3.8) is 0 Å². The molecule has 17 heavy (non-hydrogen) atoms. The molecular weight excluding hydrogens is 226 g/mol. The quantitative estimate of drug-likeness (QED) is 0.644. The second-order valence-corrected chi connectivity index (χ2v) is 3.45. The number of ether oxygens (including phenoxy) is 1. The van der Waals surface area contributed by atoms with Crippen LogP contribution in [-0.2, 0) is 20.9 Å². The van der Waals surface area contributed by atoms with Crippen molar-refractivity contribution < 1.29 is 19.4 Å². The van der Waals surface area contributed by atoms with E-state index in [2.05, 4.69) is 9.84 Å². The maximum Gasteiger partial charge on any atom is 0.319 e. The molecule has 0 unspecified atom stereocenters. The molecule has 94 valence electrons. The normalized spacial score (nSPS) is 10.5. The van der Waals surface area contributed by atoms with Crippen molar-refractivity contribution in [1.29, 1.82) is 0 Å². The minimum Gasteiger partial charge on any atom is -0.480 e. The first-order valence-corrected chi connectivity index (χ1v) is 5.10. The summed E-state index contributed by atoms with van der Waals surface area (Å²) in [6.07, 6.45) is 3.42. The molecule has 1 rings (SSSR count). The van der Waals surface area contributed by atoms with Crippen LogP contribution in [-0.4, -0.2) is 58.5 Å². The smallest absolute Gasteiger partial charge is 0.319 e. The number of hydrogen-bond donors (Lipinski definition) is 1. The van der Waals surface area contributed by atoms with Crippen molar-refractivity contribution in [2.45, 2.75) is 6.54 Å². The van der Waals surface area contributed by atoms with Crippen LogP contribution in [0, 0.1) is 0 Å². The summed E-state index contributed by atoms with van der Waals surface area (Å²) in [6.45, 7) is 0.709. The monoisotopic (exact) mass is 241 g/mol. The summed E-state index contributed by atoms with van der Waals surface area (Å²) in [5.41, 5.74) is 0. The van der Waals surface area contributed by atoms with E-state index >= 15 is 0 Å². The molecule has 0 atom stereocenters. The number of carbonyl (C=O) groups excluding carboxylic acids is 1. The van der Waals surface area contributed by atoms with Gasteiger partial charge in [-0.05, 0) is 6.07 Å². The van der Waals surface area contributed by atoms with Gasteiger partial charge >= 0.3 is 11.9 Å². The van der Waals surface area contributed by atoms with Crippen LogP contribution in [0.5, 0.6) is 0 Å². The fraction of sp³-hybridized carbons (Fsp3) is 0.500. The van der Waals surface area contributed by atoms with Crippen molar-refractivity contribution in [2.75, 3.05) is 26.7 Å². The van der Waals surface area contributed by atoms with Gasteiger partial charge in [0.25, 0.3) is 0 Å². The van der Waals surface area contributed by atoms with Crippen molar-refractivity contribution in [3.8, 4) is 0 Å². The second kappa shape index (κ2) is 6.64. The number of hydrogen-bond acceptors (Lipinski definition) is 5. The lowest BCUT2D eigenvalue weighted by molar-refractivity contribution is -0.144. The first-order valence-electron chi connectivity index (χ1n) is 5.10. The summed E-state index contributed by atoms with van der Waals surface area (Å²) >= 11 is 0. The van der Waals surface area contributed by atoms with Crippen LogP contribution < -0.4 is 0 Å². The lowest BCUT2D eigenvalue weighted by Gasteiger charge is -2.18. The van der Waals surface area contributed by atoms with Crippen molar-refractivity contribution >= 4 is 11.9 Å². The SMILES string of the molecule is COC(=O)CN(CCn1cccn1)CC(=O)O. The average Bonchev–Trinajstić information content (AvgIpc) is 2.77. The zero-order chi connectivity index (χ0) is 12.7. The number of esters is 1. The van der Waals surface area contributed by atoms with Crippen molar-refractivity contribution in [1.82, 2.24) is 14.7 Å².